The Bertz CT molecular complexity index is 509. The van der Waals surface area contributed by atoms with E-state index in [1.165, 1.54) is 5.56 Å². The van der Waals surface area contributed by atoms with Crippen molar-refractivity contribution in [1.29, 1.82) is 0 Å². The van der Waals surface area contributed by atoms with E-state index in [1.54, 1.807) is 12.1 Å². The van der Waals surface area contributed by atoms with E-state index in [0.29, 0.717) is 16.7 Å². The Morgan fingerprint density at radius 2 is 1.47 bits per heavy atom. The van der Waals surface area contributed by atoms with Gasteiger partial charge in [0.25, 0.3) is 5.76 Å². The highest BCUT2D eigenvalue weighted by molar-refractivity contribution is 7.99. The normalized spacial score (nSPS) is 10.9. The highest BCUT2D eigenvalue weighted by atomic mass is 32.2. The zero-order valence-corrected chi connectivity index (χ0v) is 11.4. The number of halogens is 2. The lowest BCUT2D eigenvalue weighted by Gasteiger charge is -2.05. The molecule has 0 fully saturated rings. The molecule has 0 heterocycles. The van der Waals surface area contributed by atoms with Crippen molar-refractivity contribution in [2.75, 3.05) is 7.05 Å². The number of hydrogen-bond acceptors (Lipinski definition) is 2. The monoisotopic (exact) mass is 279 g/mol. The average molecular weight is 279 g/mol. The molecular formula is C15H15F2NS. The van der Waals surface area contributed by atoms with Crippen LogP contribution in [-0.2, 0) is 6.54 Å². The van der Waals surface area contributed by atoms with Gasteiger partial charge in [-0.3, -0.25) is 0 Å². The molecule has 0 saturated heterocycles. The van der Waals surface area contributed by atoms with Crippen molar-refractivity contribution in [1.82, 2.24) is 5.32 Å². The van der Waals surface area contributed by atoms with Crippen LogP contribution < -0.4 is 5.32 Å². The third-order valence-electron chi connectivity index (χ3n) is 2.75. The van der Waals surface area contributed by atoms with E-state index in [9.17, 15) is 8.78 Å². The minimum Gasteiger partial charge on any atom is -0.316 e. The van der Waals surface area contributed by atoms with Crippen molar-refractivity contribution in [3.8, 4) is 11.1 Å². The predicted octanol–water partition coefficient (Wildman–Crippen LogP) is 4.39. The van der Waals surface area contributed by atoms with Crippen LogP contribution in [0.3, 0.4) is 0 Å². The molecule has 1 nitrogen and oxygen atoms in total. The third kappa shape index (κ3) is 4.04. The Hall–Kier alpha value is -1.39. The summed E-state index contributed by atoms with van der Waals surface area (Å²) < 4.78 is 24.4. The minimum atomic E-state index is -2.37. The molecule has 0 saturated carbocycles. The highest BCUT2D eigenvalue weighted by Gasteiger charge is 2.05. The maximum atomic E-state index is 12.2. The Kier molecular flexibility index (Phi) is 4.93. The van der Waals surface area contributed by atoms with Gasteiger partial charge in [-0.15, -0.1) is 0 Å². The fraction of sp³-hybridized carbons (Fsp3) is 0.200. The summed E-state index contributed by atoms with van der Waals surface area (Å²) in [6, 6.07) is 15.4. The second kappa shape index (κ2) is 6.68. The number of nitrogens with one attached hydrogen (secondary N) is 1. The minimum absolute atomic E-state index is 0.570. The molecule has 100 valence electrons. The zero-order valence-electron chi connectivity index (χ0n) is 10.6. The molecular weight excluding hydrogens is 264 g/mol. The van der Waals surface area contributed by atoms with Crippen LogP contribution in [0.2, 0.25) is 0 Å². The summed E-state index contributed by atoms with van der Waals surface area (Å²) in [6.07, 6.45) is 0. The lowest BCUT2D eigenvalue weighted by Crippen LogP contribution is -2.04. The Labute approximate surface area is 116 Å². The van der Waals surface area contributed by atoms with Gasteiger partial charge < -0.3 is 5.32 Å². The van der Waals surface area contributed by atoms with Crippen LogP contribution >= 0.6 is 11.8 Å². The van der Waals surface area contributed by atoms with E-state index >= 15 is 0 Å². The molecule has 0 aliphatic rings. The molecule has 19 heavy (non-hydrogen) atoms. The molecule has 0 radical (unpaired) electrons. The van der Waals surface area contributed by atoms with Gasteiger partial charge in [0.1, 0.15) is 0 Å². The molecule has 0 aliphatic heterocycles. The maximum Gasteiger partial charge on any atom is 0.288 e. The molecule has 2 rings (SSSR count). The number of alkyl halides is 2. The summed E-state index contributed by atoms with van der Waals surface area (Å²) in [6.45, 7) is 0.838. The number of thioether (sulfide) groups is 1. The first-order chi connectivity index (χ1) is 9.19. The maximum absolute atomic E-state index is 12.2. The molecule has 0 atom stereocenters. The summed E-state index contributed by atoms with van der Waals surface area (Å²) in [5.41, 5.74) is 3.35. The topological polar surface area (TPSA) is 12.0 Å². The summed E-state index contributed by atoms with van der Waals surface area (Å²) in [5.74, 6) is -2.37. The highest BCUT2D eigenvalue weighted by Crippen LogP contribution is 2.28. The number of benzene rings is 2. The van der Waals surface area contributed by atoms with E-state index in [2.05, 4.69) is 17.4 Å². The van der Waals surface area contributed by atoms with E-state index in [-0.39, 0.29) is 0 Å². The quantitative estimate of drug-likeness (QED) is 0.815. The standard InChI is InChI=1S/C15H15F2NS/c1-18-10-11-2-4-12(5-3-11)13-6-8-14(9-7-13)19-15(16)17/h2-9,15,18H,10H2,1H3. The van der Waals surface area contributed by atoms with E-state index in [1.807, 2.05) is 31.3 Å². The Morgan fingerprint density at radius 3 is 1.95 bits per heavy atom. The van der Waals surface area contributed by atoms with Crippen molar-refractivity contribution < 1.29 is 8.78 Å². The molecule has 1 N–H and O–H groups in total. The fourth-order valence-corrected chi connectivity index (χ4v) is 2.35. The van der Waals surface area contributed by atoms with Crippen LogP contribution in [0, 0.1) is 0 Å². The van der Waals surface area contributed by atoms with Crippen LogP contribution in [0.4, 0.5) is 8.78 Å². The molecule has 0 bridgehead atoms. The van der Waals surface area contributed by atoms with Crippen LogP contribution in [0.25, 0.3) is 11.1 Å². The van der Waals surface area contributed by atoms with Crippen LogP contribution in [-0.4, -0.2) is 12.8 Å². The lowest BCUT2D eigenvalue weighted by molar-refractivity contribution is 0.252. The lowest BCUT2D eigenvalue weighted by atomic mass is 10.0. The van der Waals surface area contributed by atoms with Gasteiger partial charge in [0.05, 0.1) is 0 Å². The first-order valence-electron chi connectivity index (χ1n) is 5.98. The summed E-state index contributed by atoms with van der Waals surface area (Å²) in [5, 5.41) is 3.10. The van der Waals surface area contributed by atoms with Gasteiger partial charge in [-0.05, 0) is 35.9 Å². The molecule has 0 aromatic heterocycles. The first-order valence-corrected chi connectivity index (χ1v) is 6.86. The largest absolute Gasteiger partial charge is 0.316 e. The SMILES string of the molecule is CNCc1ccc(-c2ccc(SC(F)F)cc2)cc1. The van der Waals surface area contributed by atoms with Gasteiger partial charge in [0.2, 0.25) is 0 Å². The van der Waals surface area contributed by atoms with Crippen molar-refractivity contribution in [2.24, 2.45) is 0 Å². The average Bonchev–Trinajstić information content (AvgIpc) is 2.40. The second-order valence-electron chi connectivity index (χ2n) is 4.13. The van der Waals surface area contributed by atoms with Crippen molar-refractivity contribution >= 4 is 11.8 Å². The van der Waals surface area contributed by atoms with Crippen molar-refractivity contribution in [2.45, 2.75) is 17.2 Å². The number of hydrogen-bond donors (Lipinski definition) is 1. The van der Waals surface area contributed by atoms with Gasteiger partial charge in [0, 0.05) is 11.4 Å². The zero-order chi connectivity index (χ0) is 13.7. The van der Waals surface area contributed by atoms with E-state index in [0.717, 1.165) is 17.7 Å². The molecule has 4 heteroatoms. The Morgan fingerprint density at radius 1 is 0.947 bits per heavy atom. The molecule has 2 aromatic rings. The smallest absolute Gasteiger partial charge is 0.288 e. The van der Waals surface area contributed by atoms with Gasteiger partial charge in [-0.2, -0.15) is 8.78 Å². The molecule has 0 unspecified atom stereocenters. The molecule has 0 aliphatic carbocycles. The van der Waals surface area contributed by atoms with Crippen LogP contribution in [0.1, 0.15) is 5.56 Å². The molecule has 0 amide bonds. The molecule has 0 spiro atoms. The Balaban J connectivity index is 2.13. The van der Waals surface area contributed by atoms with Crippen LogP contribution in [0.15, 0.2) is 53.4 Å². The summed E-state index contributed by atoms with van der Waals surface area (Å²) >= 11 is 0.570. The first kappa shape index (κ1) is 14.0. The van der Waals surface area contributed by atoms with Gasteiger partial charge in [-0.25, -0.2) is 0 Å². The molecule has 2 aromatic carbocycles. The summed E-state index contributed by atoms with van der Waals surface area (Å²) in [4.78, 5) is 0.588. The second-order valence-corrected chi connectivity index (χ2v) is 5.19. The van der Waals surface area contributed by atoms with E-state index < -0.39 is 5.76 Å². The summed E-state index contributed by atoms with van der Waals surface area (Å²) in [7, 11) is 1.91. The van der Waals surface area contributed by atoms with Crippen molar-refractivity contribution in [3.63, 3.8) is 0 Å². The predicted molar refractivity (Wildman–Crippen MR) is 76.5 cm³/mol. The number of rotatable bonds is 5. The van der Waals surface area contributed by atoms with Gasteiger partial charge >= 0.3 is 0 Å². The fourth-order valence-electron chi connectivity index (χ4n) is 1.85. The van der Waals surface area contributed by atoms with Crippen molar-refractivity contribution in [3.05, 3.63) is 54.1 Å². The van der Waals surface area contributed by atoms with Crippen LogP contribution in [0.5, 0.6) is 0 Å². The van der Waals surface area contributed by atoms with Gasteiger partial charge in [0.15, 0.2) is 0 Å². The third-order valence-corrected chi connectivity index (χ3v) is 3.47. The van der Waals surface area contributed by atoms with Gasteiger partial charge in [-0.1, -0.05) is 48.2 Å². The van der Waals surface area contributed by atoms with E-state index in [4.69, 9.17) is 0 Å².